The fraction of sp³-hybridized carbons (Fsp3) is 1.00. The summed E-state index contributed by atoms with van der Waals surface area (Å²) < 4.78 is 0. The molecule has 0 atom stereocenters. The van der Waals surface area contributed by atoms with Crippen molar-refractivity contribution in [3.8, 4) is 0 Å². The molecule has 9 heavy (non-hydrogen) atoms. The summed E-state index contributed by atoms with van der Waals surface area (Å²) in [6.45, 7) is 1.52. The predicted octanol–water partition coefficient (Wildman–Crippen LogP) is -2.22. The molecule has 7 heteroatoms. The van der Waals surface area contributed by atoms with Gasteiger partial charge in [0.25, 0.3) is 0 Å². The Morgan fingerprint density at radius 3 is 1.11 bits per heavy atom. The molecule has 0 saturated carbocycles. The van der Waals surface area contributed by atoms with Crippen LogP contribution in [0.25, 0.3) is 0 Å². The minimum atomic E-state index is -3.63. The van der Waals surface area contributed by atoms with Gasteiger partial charge in [-0.15, -0.1) is 0 Å². The summed E-state index contributed by atoms with van der Waals surface area (Å²) in [7, 11) is -3.63. The van der Waals surface area contributed by atoms with Gasteiger partial charge in [-0.2, -0.15) is 0 Å². The first-order chi connectivity index (χ1) is 2.56. The molecule has 0 rings (SSSR count). The van der Waals surface area contributed by atoms with Gasteiger partial charge in [-0.05, 0) is 0 Å². The zero-order chi connectivity index (χ0) is 5.21. The third kappa shape index (κ3) is 24.6. The van der Waals surface area contributed by atoms with E-state index in [-0.39, 0.29) is 160 Å². The van der Waals surface area contributed by atoms with Crippen molar-refractivity contribution in [3.05, 3.63) is 0 Å². The van der Waals surface area contributed by atoms with Crippen molar-refractivity contribution >= 4 is 163 Å². The van der Waals surface area contributed by atoms with Gasteiger partial charge in [0.15, 0.2) is 0 Å². The van der Waals surface area contributed by atoms with Crippen molar-refractivity contribution in [1.82, 2.24) is 0 Å². The van der Waals surface area contributed by atoms with Crippen LogP contribution in [-0.4, -0.2) is 177 Å². The topological polar surface area (TPSA) is 60.7 Å². The second-order valence-electron chi connectivity index (χ2n) is 1.13. The molecular weight excluding hydrogens is 217 g/mol. The number of hydrogen-bond acceptors (Lipinski definition) is 3. The van der Waals surface area contributed by atoms with E-state index in [0.29, 0.717) is 0 Å². The van der Waals surface area contributed by atoms with Gasteiger partial charge in [0.05, 0.1) is 0 Å². The van der Waals surface area contributed by atoms with E-state index in [9.17, 15) is 0 Å². The van der Waals surface area contributed by atoms with Gasteiger partial charge in [0.1, 0.15) is 0 Å². The molecule has 3 nitrogen and oxygen atoms in total. The molecule has 0 aromatic carbocycles. The Morgan fingerprint density at radius 2 is 1.11 bits per heavy atom. The maximum Gasteiger partial charge on any atom is 0.492 e. The van der Waals surface area contributed by atoms with Crippen LogP contribution in [0.5, 0.6) is 0 Å². The first-order valence-electron chi connectivity index (χ1n) is 1.73. The monoisotopic (exact) mass is 225 g/mol. The van der Waals surface area contributed by atoms with E-state index in [0.717, 1.165) is 0 Å². The van der Waals surface area contributed by atoms with Crippen LogP contribution in [0.15, 0.2) is 0 Å². The van der Waals surface area contributed by atoms with Gasteiger partial charge in [0.2, 0.25) is 0 Å². The molecule has 0 spiro atoms. The number of hydrogen-bond donors (Lipinski definition) is 3. The minimum Gasteiger partial charge on any atom is -0.390 e. The smallest absolute Gasteiger partial charge is 0.390 e. The van der Waals surface area contributed by atoms with Gasteiger partial charge in [-0.3, -0.25) is 0 Å². The second kappa shape index (κ2) is 13.0. The molecule has 0 aliphatic carbocycles. The Balaban J connectivity index is -0.0000000417. The summed E-state index contributed by atoms with van der Waals surface area (Å²) in [6.07, 6.45) is 0. The fourth-order valence-electron chi connectivity index (χ4n) is 0. The third-order valence-electron chi connectivity index (χ3n) is 0.474. The van der Waals surface area contributed by atoms with Crippen LogP contribution < -0.4 is 0 Å². The number of rotatable bonds is 1. The van der Waals surface area contributed by atoms with Crippen LogP contribution in [0, 0.1) is 0 Å². The summed E-state index contributed by atoms with van der Waals surface area (Å²) in [5, 5.41) is 0. The molecule has 0 bridgehead atoms. The van der Waals surface area contributed by atoms with Crippen molar-refractivity contribution in [2.45, 2.75) is 13.0 Å². The van der Waals surface area contributed by atoms with Gasteiger partial charge in [-0.25, -0.2) is 0 Å². The molecular formula is C2H8K3O3Si. The molecule has 0 heterocycles. The zero-order valence-corrected chi connectivity index (χ0v) is 16.9. The summed E-state index contributed by atoms with van der Waals surface area (Å²) in [5.74, 6) is 0. The van der Waals surface area contributed by atoms with Crippen LogP contribution in [-0.2, 0) is 0 Å². The summed E-state index contributed by atoms with van der Waals surface area (Å²) in [6, 6.07) is 0.0764. The van der Waals surface area contributed by atoms with Gasteiger partial charge in [-0.1, -0.05) is 6.92 Å². The molecule has 41 valence electrons. The van der Waals surface area contributed by atoms with Gasteiger partial charge in [0, 0.05) is 160 Å². The minimum absolute atomic E-state index is 0. The standard InChI is InChI=1S/C2H8O3Si.3K/c1-2-6(3,4)5;;;/h3-5H,2H2,1H3;;;. The second-order valence-corrected chi connectivity index (χ2v) is 3.38. The molecule has 0 aromatic rings. The molecule has 0 aliphatic rings. The molecule has 0 aliphatic heterocycles. The van der Waals surface area contributed by atoms with E-state index in [2.05, 4.69) is 0 Å². The molecule has 3 radical (unpaired) electrons. The Labute approximate surface area is 184 Å². The van der Waals surface area contributed by atoms with E-state index in [1.165, 1.54) is 6.92 Å². The molecule has 0 unspecified atom stereocenters. The average Bonchev–Trinajstić information content (AvgIpc) is 1.35. The Bertz CT molecular complexity index is 46.8. The predicted molar refractivity (Wildman–Crippen MR) is 40.2 cm³/mol. The maximum absolute atomic E-state index is 8.08. The summed E-state index contributed by atoms with van der Waals surface area (Å²) in [5.41, 5.74) is 0. The van der Waals surface area contributed by atoms with Crippen molar-refractivity contribution in [1.29, 1.82) is 0 Å². The summed E-state index contributed by atoms with van der Waals surface area (Å²) in [4.78, 5) is 24.2. The van der Waals surface area contributed by atoms with Crippen molar-refractivity contribution in [2.24, 2.45) is 0 Å². The molecule has 3 N–H and O–H groups in total. The van der Waals surface area contributed by atoms with Gasteiger partial charge < -0.3 is 14.4 Å². The first kappa shape index (κ1) is 23.7. The van der Waals surface area contributed by atoms with Crippen LogP contribution in [0.4, 0.5) is 0 Å². The molecule has 0 fully saturated rings. The normalized spacial score (nSPS) is 8.00. The van der Waals surface area contributed by atoms with Crippen LogP contribution in [0.3, 0.4) is 0 Å². The summed E-state index contributed by atoms with van der Waals surface area (Å²) >= 11 is 0. The Hall–Kier alpha value is 5.01. The third-order valence-corrected chi connectivity index (χ3v) is 1.42. The van der Waals surface area contributed by atoms with Crippen LogP contribution in [0.1, 0.15) is 6.92 Å². The Morgan fingerprint density at radius 1 is 1.00 bits per heavy atom. The Kier molecular flexibility index (Phi) is 34.2. The fourth-order valence-corrected chi connectivity index (χ4v) is 0. The van der Waals surface area contributed by atoms with Crippen molar-refractivity contribution in [3.63, 3.8) is 0 Å². The van der Waals surface area contributed by atoms with Crippen molar-refractivity contribution in [2.75, 3.05) is 0 Å². The van der Waals surface area contributed by atoms with E-state index in [4.69, 9.17) is 14.4 Å². The zero-order valence-electron chi connectivity index (χ0n) is 6.55. The van der Waals surface area contributed by atoms with Crippen LogP contribution in [0.2, 0.25) is 6.04 Å². The van der Waals surface area contributed by atoms with Gasteiger partial charge >= 0.3 is 8.80 Å². The van der Waals surface area contributed by atoms with E-state index in [1.807, 2.05) is 0 Å². The average molecular weight is 225 g/mol. The molecule has 0 saturated heterocycles. The quantitative estimate of drug-likeness (QED) is 0.443. The van der Waals surface area contributed by atoms with E-state index in [1.54, 1.807) is 0 Å². The van der Waals surface area contributed by atoms with Crippen LogP contribution >= 0.6 is 0 Å². The van der Waals surface area contributed by atoms with Crippen molar-refractivity contribution < 1.29 is 14.4 Å². The van der Waals surface area contributed by atoms with E-state index >= 15 is 0 Å². The first-order valence-corrected chi connectivity index (χ1v) is 3.78. The maximum atomic E-state index is 8.08. The van der Waals surface area contributed by atoms with E-state index < -0.39 is 8.80 Å². The molecule has 0 amide bonds. The largest absolute Gasteiger partial charge is 0.492 e. The SMILES string of the molecule is CC[Si](O)(O)O.[K].[K].[K]. The molecule has 0 aromatic heterocycles.